The van der Waals surface area contributed by atoms with Gasteiger partial charge in [-0.25, -0.2) is 18.7 Å². The summed E-state index contributed by atoms with van der Waals surface area (Å²) in [4.78, 5) is 28.3. The number of alkyl halides is 1. The highest BCUT2D eigenvalue weighted by Gasteiger charge is 2.41. The van der Waals surface area contributed by atoms with Crippen LogP contribution in [0, 0.1) is 22.8 Å². The monoisotopic (exact) mass is 519 g/mol. The lowest BCUT2D eigenvalue weighted by Gasteiger charge is -2.27. The Bertz CT molecular complexity index is 1100. The predicted molar refractivity (Wildman–Crippen MR) is 138 cm³/mol. The summed E-state index contributed by atoms with van der Waals surface area (Å²) in [5, 5.41) is 14.6. The second-order valence-electron chi connectivity index (χ2n) is 12.0. The topological polar surface area (TPSA) is 101 Å². The van der Waals surface area contributed by atoms with Crippen molar-refractivity contribution >= 4 is 26.1 Å². The molecule has 0 spiro atoms. The summed E-state index contributed by atoms with van der Waals surface area (Å²) >= 11 is 0. The van der Waals surface area contributed by atoms with Crippen LogP contribution in [-0.2, 0) is 9.47 Å². The first-order valence-electron chi connectivity index (χ1n) is 11.9. The molecule has 9 nitrogen and oxygen atoms in total. The van der Waals surface area contributed by atoms with Crippen molar-refractivity contribution in [2.45, 2.75) is 90.9 Å². The second-order valence-corrected chi connectivity index (χ2v) is 16.7. The Balaban J connectivity index is 2.60. The van der Waals surface area contributed by atoms with E-state index in [0.29, 0.717) is 0 Å². The maximum atomic E-state index is 14.0. The number of likely N-dealkylation sites (tertiary alicyclic amines) is 1. The highest BCUT2D eigenvalue weighted by molar-refractivity contribution is 6.83. The molecule has 2 rings (SSSR count). The Hall–Kier alpha value is -3.05. The van der Waals surface area contributed by atoms with Gasteiger partial charge in [-0.05, 0) is 48.0 Å². The van der Waals surface area contributed by atoms with Gasteiger partial charge in [0.2, 0.25) is 0 Å². The number of ether oxygens (including phenoxy) is 2. The summed E-state index contributed by atoms with van der Waals surface area (Å²) in [6.07, 6.45) is -1.06. The van der Waals surface area contributed by atoms with Crippen LogP contribution >= 0.6 is 0 Å². The van der Waals surface area contributed by atoms with Gasteiger partial charge in [-0.2, -0.15) is 10.4 Å². The van der Waals surface area contributed by atoms with E-state index in [-0.39, 0.29) is 30.0 Å². The van der Waals surface area contributed by atoms with Gasteiger partial charge in [0, 0.05) is 13.6 Å². The standard InChI is InChI=1S/C25H38FN5O4Si/c1-24(2,3)34-22(32)29(7)21-19(15-27)20(11-12-36(8,9)10)28-31(21)18-13-17(14-26)30(16-18)23(33)35-25(4,5)6/h17-18H,13-14,16H2,1-10H3/t17-,18?/m0/s1. The van der Waals surface area contributed by atoms with Gasteiger partial charge in [-0.3, -0.25) is 4.90 Å². The maximum absolute atomic E-state index is 14.0. The molecule has 11 heteroatoms. The van der Waals surface area contributed by atoms with E-state index in [1.807, 2.05) is 0 Å². The molecule has 36 heavy (non-hydrogen) atoms. The molecule has 0 radical (unpaired) electrons. The highest BCUT2D eigenvalue weighted by atomic mass is 28.3. The quantitative estimate of drug-likeness (QED) is 0.417. The number of aromatic nitrogens is 2. The summed E-state index contributed by atoms with van der Waals surface area (Å²) in [7, 11) is -0.314. The third kappa shape index (κ3) is 7.47. The van der Waals surface area contributed by atoms with E-state index in [4.69, 9.17) is 9.47 Å². The number of anilines is 1. The van der Waals surface area contributed by atoms with Gasteiger partial charge in [0.05, 0.1) is 12.1 Å². The minimum Gasteiger partial charge on any atom is -0.444 e. The summed E-state index contributed by atoms with van der Waals surface area (Å²) < 4.78 is 26.5. The van der Waals surface area contributed by atoms with E-state index >= 15 is 0 Å². The number of carbonyl (C=O) groups is 2. The van der Waals surface area contributed by atoms with E-state index in [1.54, 1.807) is 41.5 Å². The van der Waals surface area contributed by atoms with Gasteiger partial charge < -0.3 is 14.4 Å². The predicted octanol–water partition coefficient (Wildman–Crippen LogP) is 4.87. The van der Waals surface area contributed by atoms with E-state index < -0.39 is 50.2 Å². The number of carbonyl (C=O) groups excluding carboxylic acids is 2. The molecule has 1 aliphatic heterocycles. The van der Waals surface area contributed by atoms with E-state index in [1.165, 1.54) is 21.5 Å². The van der Waals surface area contributed by atoms with Crippen LogP contribution in [0.4, 0.5) is 19.8 Å². The van der Waals surface area contributed by atoms with Crippen molar-refractivity contribution in [3.63, 3.8) is 0 Å². The van der Waals surface area contributed by atoms with Crippen LogP contribution in [-0.4, -0.2) is 72.5 Å². The molecule has 0 saturated carbocycles. The average Bonchev–Trinajstić information content (AvgIpc) is 3.29. The summed E-state index contributed by atoms with van der Waals surface area (Å²) in [6.45, 7) is 16.0. The molecular weight excluding hydrogens is 481 g/mol. The number of hydrogen-bond donors (Lipinski definition) is 0. The Morgan fingerprint density at radius 1 is 1.17 bits per heavy atom. The normalized spacial score (nSPS) is 18.2. The molecule has 0 bridgehead atoms. The number of nitrogens with zero attached hydrogens (tertiary/aromatic N) is 5. The fourth-order valence-corrected chi connectivity index (χ4v) is 4.11. The molecule has 1 saturated heterocycles. The van der Waals surface area contributed by atoms with Crippen LogP contribution in [0.2, 0.25) is 19.6 Å². The average molecular weight is 520 g/mol. The van der Waals surface area contributed by atoms with Crippen molar-refractivity contribution in [2.75, 3.05) is 25.2 Å². The molecule has 2 amide bonds. The molecule has 2 atom stereocenters. The third-order valence-electron chi connectivity index (χ3n) is 5.08. The first-order chi connectivity index (χ1) is 16.4. The van der Waals surface area contributed by atoms with Gasteiger partial charge in [-0.1, -0.05) is 25.6 Å². The van der Waals surface area contributed by atoms with Crippen molar-refractivity contribution in [3.8, 4) is 17.5 Å². The SMILES string of the molecule is CN(C(=O)OC(C)(C)C)c1c(C#N)c(C#C[Si](C)(C)C)nn1C1C[C@@H](CF)N(C(=O)OC(C)(C)C)C1. The van der Waals surface area contributed by atoms with E-state index in [0.717, 1.165) is 0 Å². The van der Waals surface area contributed by atoms with Crippen LogP contribution in [0.5, 0.6) is 0 Å². The van der Waals surface area contributed by atoms with Crippen molar-refractivity contribution in [1.82, 2.24) is 14.7 Å². The van der Waals surface area contributed by atoms with Gasteiger partial charge >= 0.3 is 12.2 Å². The minimum absolute atomic E-state index is 0.103. The van der Waals surface area contributed by atoms with Crippen molar-refractivity contribution in [2.24, 2.45) is 0 Å². The summed E-state index contributed by atoms with van der Waals surface area (Å²) in [5.74, 6) is 3.21. The minimum atomic E-state index is -1.81. The lowest BCUT2D eigenvalue weighted by atomic mass is 10.2. The molecular formula is C25H38FN5O4Si. The summed E-state index contributed by atoms with van der Waals surface area (Å²) in [6, 6.07) is 0.901. The van der Waals surface area contributed by atoms with E-state index in [9.17, 15) is 19.2 Å². The lowest BCUT2D eigenvalue weighted by molar-refractivity contribution is 0.0202. The van der Waals surface area contributed by atoms with Crippen molar-refractivity contribution in [3.05, 3.63) is 11.3 Å². The van der Waals surface area contributed by atoms with Crippen molar-refractivity contribution < 1.29 is 23.5 Å². The maximum Gasteiger partial charge on any atom is 0.415 e. The fourth-order valence-electron chi connectivity index (χ4n) is 3.62. The molecule has 0 aromatic carbocycles. The van der Waals surface area contributed by atoms with Crippen LogP contribution in [0.25, 0.3) is 0 Å². The molecule has 0 aliphatic carbocycles. The largest absolute Gasteiger partial charge is 0.444 e. The van der Waals surface area contributed by atoms with Crippen LogP contribution in [0.3, 0.4) is 0 Å². The molecule has 2 heterocycles. The number of rotatable bonds is 3. The zero-order valence-electron chi connectivity index (χ0n) is 23.0. The van der Waals surface area contributed by atoms with Crippen molar-refractivity contribution in [1.29, 1.82) is 5.26 Å². The molecule has 1 aromatic heterocycles. The molecule has 1 unspecified atom stereocenters. The highest BCUT2D eigenvalue weighted by Crippen LogP contribution is 2.35. The number of nitriles is 1. The van der Waals surface area contributed by atoms with Gasteiger partial charge in [0.25, 0.3) is 0 Å². The number of hydrogen-bond acceptors (Lipinski definition) is 6. The van der Waals surface area contributed by atoms with Gasteiger partial charge in [0.15, 0.2) is 11.5 Å². The smallest absolute Gasteiger partial charge is 0.415 e. The third-order valence-corrected chi connectivity index (χ3v) is 5.96. The molecule has 0 N–H and O–H groups in total. The zero-order valence-corrected chi connectivity index (χ0v) is 24.0. The van der Waals surface area contributed by atoms with Gasteiger partial charge in [0.1, 0.15) is 37.6 Å². The molecule has 198 valence electrons. The summed E-state index contributed by atoms with van der Waals surface area (Å²) in [5.41, 5.74) is 2.07. The number of amides is 2. The second kappa shape index (κ2) is 10.5. The van der Waals surface area contributed by atoms with E-state index in [2.05, 4.69) is 42.3 Å². The molecule has 1 fully saturated rings. The first kappa shape index (κ1) is 29.2. The van der Waals surface area contributed by atoms with Crippen LogP contribution < -0.4 is 4.90 Å². The first-order valence-corrected chi connectivity index (χ1v) is 15.4. The van der Waals surface area contributed by atoms with Crippen LogP contribution in [0.1, 0.15) is 65.3 Å². The Kier molecular flexibility index (Phi) is 8.52. The lowest BCUT2D eigenvalue weighted by Crippen LogP contribution is -2.41. The Morgan fingerprint density at radius 2 is 1.75 bits per heavy atom. The fraction of sp³-hybridized carbons (Fsp3) is 0.680. The zero-order chi connectivity index (χ0) is 27.6. The Morgan fingerprint density at radius 3 is 2.22 bits per heavy atom. The molecule has 1 aliphatic rings. The Labute approximate surface area is 214 Å². The molecule has 1 aromatic rings. The number of halogens is 1. The van der Waals surface area contributed by atoms with Gasteiger partial charge in [-0.15, -0.1) is 5.54 Å². The van der Waals surface area contributed by atoms with Crippen LogP contribution in [0.15, 0.2) is 0 Å².